The zero-order valence-corrected chi connectivity index (χ0v) is 15.4. The van der Waals surface area contributed by atoms with E-state index in [0.29, 0.717) is 23.0 Å². The van der Waals surface area contributed by atoms with E-state index in [0.717, 1.165) is 30.9 Å². The van der Waals surface area contributed by atoms with Gasteiger partial charge in [-0.15, -0.1) is 10.2 Å². The number of furan rings is 1. The molecule has 1 saturated heterocycles. The molecule has 1 unspecified atom stereocenters. The van der Waals surface area contributed by atoms with E-state index in [4.69, 9.17) is 16.0 Å². The molecular weight excluding hydrogens is 364 g/mol. The minimum Gasteiger partial charge on any atom is -0.463 e. The number of aromatic nitrogens is 2. The van der Waals surface area contributed by atoms with Gasteiger partial charge in [-0.1, -0.05) is 11.6 Å². The van der Waals surface area contributed by atoms with E-state index < -0.39 is 0 Å². The standard InChI is InChI=1S/C20H19ClN4O2/c21-15-5-7-16(8-6-15)22-20(26)14-3-1-11-25(13-14)19-10-9-17(23-24-19)18-4-2-12-27-18/h2,4-10,12,14H,1,3,11,13H2,(H,22,26). The van der Waals surface area contributed by atoms with Crippen LogP contribution in [-0.4, -0.2) is 29.2 Å². The van der Waals surface area contributed by atoms with Gasteiger partial charge in [0.05, 0.1) is 12.2 Å². The molecule has 1 N–H and O–H groups in total. The Bertz CT molecular complexity index is 895. The van der Waals surface area contributed by atoms with Gasteiger partial charge in [0.2, 0.25) is 5.91 Å². The largest absolute Gasteiger partial charge is 0.463 e. The smallest absolute Gasteiger partial charge is 0.229 e. The first-order valence-electron chi connectivity index (χ1n) is 8.88. The van der Waals surface area contributed by atoms with Gasteiger partial charge in [-0.05, 0) is 61.4 Å². The highest BCUT2D eigenvalue weighted by Crippen LogP contribution is 2.24. The number of carbonyl (C=O) groups excluding carboxylic acids is 1. The Morgan fingerprint density at radius 1 is 1.15 bits per heavy atom. The van der Waals surface area contributed by atoms with Gasteiger partial charge in [0.15, 0.2) is 11.6 Å². The summed E-state index contributed by atoms with van der Waals surface area (Å²) in [7, 11) is 0. The van der Waals surface area contributed by atoms with E-state index in [1.807, 2.05) is 24.3 Å². The Balaban J connectivity index is 1.41. The molecule has 6 nitrogen and oxygen atoms in total. The van der Waals surface area contributed by atoms with Gasteiger partial charge in [0.25, 0.3) is 0 Å². The molecule has 0 spiro atoms. The van der Waals surface area contributed by atoms with Crippen LogP contribution in [0.5, 0.6) is 0 Å². The number of nitrogens with one attached hydrogen (secondary N) is 1. The molecule has 1 fully saturated rings. The highest BCUT2D eigenvalue weighted by molar-refractivity contribution is 6.30. The Labute approximate surface area is 162 Å². The lowest BCUT2D eigenvalue weighted by Crippen LogP contribution is -2.41. The predicted molar refractivity (Wildman–Crippen MR) is 105 cm³/mol. The Hall–Kier alpha value is -2.86. The number of rotatable bonds is 4. The predicted octanol–water partition coefficient (Wildman–Crippen LogP) is 4.25. The lowest BCUT2D eigenvalue weighted by molar-refractivity contribution is -0.120. The third-order valence-electron chi connectivity index (χ3n) is 4.65. The summed E-state index contributed by atoms with van der Waals surface area (Å²) < 4.78 is 5.34. The fourth-order valence-corrected chi connectivity index (χ4v) is 3.35. The van der Waals surface area contributed by atoms with Crippen molar-refractivity contribution < 1.29 is 9.21 Å². The van der Waals surface area contributed by atoms with Gasteiger partial charge in [0.1, 0.15) is 5.69 Å². The van der Waals surface area contributed by atoms with Crippen molar-refractivity contribution in [2.45, 2.75) is 12.8 Å². The molecule has 7 heteroatoms. The van der Waals surface area contributed by atoms with Crippen LogP contribution in [0.15, 0.2) is 59.2 Å². The van der Waals surface area contributed by atoms with Gasteiger partial charge < -0.3 is 14.6 Å². The first-order chi connectivity index (χ1) is 13.2. The number of benzene rings is 1. The summed E-state index contributed by atoms with van der Waals surface area (Å²) in [5.74, 6) is 1.38. The third kappa shape index (κ3) is 4.11. The average molecular weight is 383 g/mol. The fraction of sp³-hybridized carbons (Fsp3) is 0.250. The second kappa shape index (κ2) is 7.80. The van der Waals surface area contributed by atoms with Crippen molar-refractivity contribution in [1.29, 1.82) is 0 Å². The summed E-state index contributed by atoms with van der Waals surface area (Å²) in [6, 6.07) is 14.6. The minimum absolute atomic E-state index is 0.0159. The second-order valence-corrected chi connectivity index (χ2v) is 6.97. The maximum atomic E-state index is 12.6. The number of halogens is 1. The lowest BCUT2D eigenvalue weighted by atomic mass is 9.97. The Kier molecular flexibility index (Phi) is 5.07. The fourth-order valence-electron chi connectivity index (χ4n) is 3.23. The maximum absolute atomic E-state index is 12.6. The van der Waals surface area contributed by atoms with E-state index in [9.17, 15) is 4.79 Å². The summed E-state index contributed by atoms with van der Waals surface area (Å²) in [5.41, 5.74) is 1.45. The van der Waals surface area contributed by atoms with Gasteiger partial charge in [-0.3, -0.25) is 4.79 Å². The molecule has 2 aromatic heterocycles. The zero-order valence-electron chi connectivity index (χ0n) is 14.6. The quantitative estimate of drug-likeness (QED) is 0.730. The van der Waals surface area contributed by atoms with E-state index in [1.165, 1.54) is 0 Å². The van der Waals surface area contributed by atoms with Gasteiger partial charge >= 0.3 is 0 Å². The highest BCUT2D eigenvalue weighted by atomic mass is 35.5. The monoisotopic (exact) mass is 382 g/mol. The average Bonchev–Trinajstić information content (AvgIpc) is 3.25. The van der Waals surface area contributed by atoms with Gasteiger partial charge in [0, 0.05) is 23.8 Å². The molecule has 3 heterocycles. The third-order valence-corrected chi connectivity index (χ3v) is 4.90. The lowest BCUT2D eigenvalue weighted by Gasteiger charge is -2.32. The first kappa shape index (κ1) is 17.5. The molecule has 0 radical (unpaired) electrons. The highest BCUT2D eigenvalue weighted by Gasteiger charge is 2.27. The number of piperidine rings is 1. The van der Waals surface area contributed by atoms with Crippen LogP contribution in [-0.2, 0) is 4.79 Å². The normalized spacial score (nSPS) is 16.9. The minimum atomic E-state index is -0.0963. The molecule has 1 aliphatic heterocycles. The molecule has 138 valence electrons. The van der Waals surface area contributed by atoms with E-state index in [1.54, 1.807) is 30.5 Å². The van der Waals surface area contributed by atoms with Crippen molar-refractivity contribution in [3.8, 4) is 11.5 Å². The Morgan fingerprint density at radius 3 is 2.70 bits per heavy atom. The van der Waals surface area contributed by atoms with Crippen LogP contribution in [0.3, 0.4) is 0 Å². The molecule has 3 aromatic rings. The topological polar surface area (TPSA) is 71.3 Å². The molecule has 1 aliphatic rings. The summed E-state index contributed by atoms with van der Waals surface area (Å²) in [4.78, 5) is 14.7. The first-order valence-corrected chi connectivity index (χ1v) is 9.26. The van der Waals surface area contributed by atoms with Crippen molar-refractivity contribution in [1.82, 2.24) is 10.2 Å². The van der Waals surface area contributed by atoms with E-state index in [2.05, 4.69) is 20.4 Å². The van der Waals surface area contributed by atoms with Crippen molar-refractivity contribution >= 4 is 29.0 Å². The molecule has 1 amide bonds. The summed E-state index contributed by atoms with van der Waals surface area (Å²) in [5, 5.41) is 12.2. The Morgan fingerprint density at radius 2 is 2.00 bits per heavy atom. The zero-order chi connectivity index (χ0) is 18.6. The number of carbonyl (C=O) groups is 1. The number of hydrogen-bond donors (Lipinski definition) is 1. The number of hydrogen-bond acceptors (Lipinski definition) is 5. The van der Waals surface area contributed by atoms with Crippen LogP contribution in [0.2, 0.25) is 5.02 Å². The summed E-state index contributed by atoms with van der Waals surface area (Å²) in [6.07, 6.45) is 3.40. The van der Waals surface area contributed by atoms with Crippen LogP contribution in [0.1, 0.15) is 12.8 Å². The molecule has 0 aliphatic carbocycles. The number of nitrogens with zero attached hydrogens (tertiary/aromatic N) is 3. The van der Waals surface area contributed by atoms with Crippen LogP contribution in [0.4, 0.5) is 11.5 Å². The second-order valence-electron chi connectivity index (χ2n) is 6.54. The van der Waals surface area contributed by atoms with Crippen molar-refractivity contribution in [3.63, 3.8) is 0 Å². The van der Waals surface area contributed by atoms with E-state index >= 15 is 0 Å². The van der Waals surface area contributed by atoms with Crippen molar-refractivity contribution in [3.05, 3.63) is 59.8 Å². The van der Waals surface area contributed by atoms with Crippen LogP contribution in [0, 0.1) is 5.92 Å². The molecule has 0 bridgehead atoms. The number of amides is 1. The van der Waals surface area contributed by atoms with Crippen LogP contribution >= 0.6 is 11.6 Å². The van der Waals surface area contributed by atoms with Gasteiger partial charge in [-0.25, -0.2) is 0 Å². The molecule has 1 aromatic carbocycles. The molecule has 4 rings (SSSR count). The molecule has 1 atom stereocenters. The van der Waals surface area contributed by atoms with Crippen LogP contribution < -0.4 is 10.2 Å². The maximum Gasteiger partial charge on any atom is 0.229 e. The summed E-state index contributed by atoms with van der Waals surface area (Å²) >= 11 is 5.89. The number of anilines is 2. The van der Waals surface area contributed by atoms with Crippen LogP contribution in [0.25, 0.3) is 11.5 Å². The molecular formula is C20H19ClN4O2. The summed E-state index contributed by atoms with van der Waals surface area (Å²) in [6.45, 7) is 1.48. The van der Waals surface area contributed by atoms with Crippen molar-refractivity contribution in [2.24, 2.45) is 5.92 Å². The SMILES string of the molecule is O=C(Nc1ccc(Cl)cc1)C1CCCN(c2ccc(-c3ccco3)nn2)C1. The molecule has 0 saturated carbocycles. The van der Waals surface area contributed by atoms with E-state index in [-0.39, 0.29) is 11.8 Å². The molecule has 27 heavy (non-hydrogen) atoms. The van der Waals surface area contributed by atoms with Crippen molar-refractivity contribution in [2.75, 3.05) is 23.3 Å². The van der Waals surface area contributed by atoms with Gasteiger partial charge in [-0.2, -0.15) is 0 Å².